The largest absolute Gasteiger partial charge is 0.350 e. The zero-order valence-electron chi connectivity index (χ0n) is 16.5. The van der Waals surface area contributed by atoms with Crippen molar-refractivity contribution in [3.63, 3.8) is 0 Å². The highest BCUT2D eigenvalue weighted by Gasteiger charge is 2.18. The molecule has 0 bridgehead atoms. The Balaban J connectivity index is 1.66. The first-order valence-electron chi connectivity index (χ1n) is 9.38. The quantitative estimate of drug-likeness (QED) is 0.508. The van der Waals surface area contributed by atoms with E-state index in [4.69, 9.17) is 11.6 Å². The summed E-state index contributed by atoms with van der Waals surface area (Å²) in [6.07, 6.45) is 0. The predicted molar refractivity (Wildman–Crippen MR) is 120 cm³/mol. The molecule has 6 nitrogen and oxygen atoms in total. The maximum atomic E-state index is 12.9. The maximum Gasteiger partial charge on any atom is 0.294 e. The number of fused-ring (bicyclic) bond motifs is 1. The molecule has 0 unspecified atom stereocenters. The summed E-state index contributed by atoms with van der Waals surface area (Å²) in [5, 5.41) is 8.66. The van der Waals surface area contributed by atoms with Crippen molar-refractivity contribution in [1.82, 2.24) is 20.1 Å². The number of rotatable bonds is 5. The van der Waals surface area contributed by atoms with Crippen molar-refractivity contribution in [3.8, 4) is 11.3 Å². The van der Waals surface area contributed by atoms with Crippen molar-refractivity contribution in [2.24, 2.45) is 0 Å². The van der Waals surface area contributed by atoms with Gasteiger partial charge in [-0.1, -0.05) is 59.6 Å². The lowest BCUT2D eigenvalue weighted by atomic mass is 10.1. The molecule has 0 spiro atoms. The third kappa shape index (κ3) is 4.13. The first-order valence-corrected chi connectivity index (χ1v) is 10.6. The number of thiazole rings is 1. The lowest BCUT2D eigenvalue weighted by molar-refractivity contribution is -0.122. The van der Waals surface area contributed by atoms with Crippen molar-refractivity contribution in [2.75, 3.05) is 0 Å². The molecule has 2 aromatic carbocycles. The van der Waals surface area contributed by atoms with Crippen LogP contribution in [0.3, 0.4) is 0 Å². The number of hydrogen-bond acceptors (Lipinski definition) is 5. The zero-order chi connectivity index (χ0) is 21.3. The minimum Gasteiger partial charge on any atom is -0.350 e. The number of carbonyl (C=O) groups is 1. The van der Waals surface area contributed by atoms with Crippen LogP contribution >= 0.6 is 22.9 Å². The smallest absolute Gasteiger partial charge is 0.294 e. The summed E-state index contributed by atoms with van der Waals surface area (Å²) in [6.45, 7) is 3.93. The standard InChI is InChI=1S/C22H19ClN4O2S/c1-13-7-9-15(10-8-13)19-21-20(25-14(2)30-21)22(29)27(26-19)12-18(28)24-11-16-5-3-4-6-17(16)23/h3-10H,11-12H2,1-2H3,(H,24,28). The molecule has 0 fully saturated rings. The SMILES string of the molecule is Cc1ccc(-c2nn(CC(=O)NCc3ccccc3Cl)c(=O)c3nc(C)sc23)cc1. The molecule has 2 heterocycles. The second-order valence-corrected chi connectivity index (χ2v) is 8.57. The van der Waals surface area contributed by atoms with Crippen molar-refractivity contribution >= 4 is 39.1 Å². The number of hydrogen-bond donors (Lipinski definition) is 1. The summed E-state index contributed by atoms with van der Waals surface area (Å²) in [5.41, 5.74) is 3.41. The van der Waals surface area contributed by atoms with Gasteiger partial charge >= 0.3 is 0 Å². The van der Waals surface area contributed by atoms with Crippen molar-refractivity contribution in [1.29, 1.82) is 0 Å². The molecule has 0 aliphatic rings. The van der Waals surface area contributed by atoms with Crippen LogP contribution in [0.2, 0.25) is 5.02 Å². The Hall–Kier alpha value is -3.03. The second kappa shape index (κ2) is 8.38. The Labute approximate surface area is 182 Å². The summed E-state index contributed by atoms with van der Waals surface area (Å²) in [4.78, 5) is 29.8. The van der Waals surface area contributed by atoms with Gasteiger partial charge in [0.05, 0.1) is 9.71 Å². The Morgan fingerprint density at radius 2 is 1.87 bits per heavy atom. The van der Waals surface area contributed by atoms with Crippen LogP contribution in [0.1, 0.15) is 16.1 Å². The van der Waals surface area contributed by atoms with E-state index in [2.05, 4.69) is 15.4 Å². The van der Waals surface area contributed by atoms with Crippen LogP contribution in [0.4, 0.5) is 0 Å². The summed E-state index contributed by atoms with van der Waals surface area (Å²) >= 11 is 7.56. The molecule has 30 heavy (non-hydrogen) atoms. The van der Waals surface area contributed by atoms with E-state index in [1.54, 1.807) is 6.07 Å². The minimum absolute atomic E-state index is 0.200. The fraction of sp³-hybridized carbons (Fsp3) is 0.182. The molecule has 0 radical (unpaired) electrons. The van der Waals surface area contributed by atoms with Crippen molar-refractivity contribution < 1.29 is 4.79 Å². The van der Waals surface area contributed by atoms with E-state index in [9.17, 15) is 9.59 Å². The highest BCUT2D eigenvalue weighted by molar-refractivity contribution is 7.19. The van der Waals surface area contributed by atoms with Gasteiger partial charge in [-0.15, -0.1) is 11.3 Å². The molecule has 0 aliphatic heterocycles. The van der Waals surface area contributed by atoms with Crippen molar-refractivity contribution in [2.45, 2.75) is 26.9 Å². The minimum atomic E-state index is -0.377. The van der Waals surface area contributed by atoms with Gasteiger partial charge in [0.15, 0.2) is 5.52 Å². The number of carbonyl (C=O) groups excluding carboxylic acids is 1. The molecule has 0 saturated carbocycles. The zero-order valence-corrected chi connectivity index (χ0v) is 18.0. The first-order chi connectivity index (χ1) is 14.4. The van der Waals surface area contributed by atoms with Crippen LogP contribution in [0.5, 0.6) is 0 Å². The van der Waals surface area contributed by atoms with E-state index in [0.29, 0.717) is 16.2 Å². The maximum absolute atomic E-state index is 12.9. The van der Waals surface area contributed by atoms with Crippen LogP contribution < -0.4 is 10.9 Å². The highest BCUT2D eigenvalue weighted by Crippen LogP contribution is 2.29. The second-order valence-electron chi connectivity index (χ2n) is 6.96. The summed E-state index contributed by atoms with van der Waals surface area (Å²) < 4.78 is 1.91. The van der Waals surface area contributed by atoms with E-state index in [1.807, 2.05) is 56.3 Å². The van der Waals surface area contributed by atoms with Crippen LogP contribution in [0, 0.1) is 13.8 Å². The van der Waals surface area contributed by atoms with Gasteiger partial charge in [-0.3, -0.25) is 9.59 Å². The number of nitrogens with zero attached hydrogens (tertiary/aromatic N) is 3. The number of aromatic nitrogens is 3. The van der Waals surface area contributed by atoms with E-state index in [1.165, 1.54) is 16.0 Å². The van der Waals surface area contributed by atoms with Crippen LogP contribution in [-0.4, -0.2) is 20.7 Å². The summed E-state index contributed by atoms with van der Waals surface area (Å²) in [6, 6.07) is 15.2. The van der Waals surface area contributed by atoms with Crippen LogP contribution in [-0.2, 0) is 17.9 Å². The number of nitrogens with one attached hydrogen (secondary N) is 1. The first kappa shape index (κ1) is 20.3. The molecule has 0 atom stereocenters. The van der Waals surface area contributed by atoms with E-state index in [0.717, 1.165) is 26.4 Å². The van der Waals surface area contributed by atoms with Crippen LogP contribution in [0.15, 0.2) is 53.3 Å². The average molecular weight is 439 g/mol. The van der Waals surface area contributed by atoms with Gasteiger partial charge in [0.2, 0.25) is 5.91 Å². The lowest BCUT2D eigenvalue weighted by Gasteiger charge is -2.10. The average Bonchev–Trinajstić information content (AvgIpc) is 3.12. The van der Waals surface area contributed by atoms with E-state index in [-0.39, 0.29) is 24.6 Å². The molecule has 2 aromatic heterocycles. The van der Waals surface area contributed by atoms with Gasteiger partial charge in [0.1, 0.15) is 12.2 Å². The molecule has 1 amide bonds. The topological polar surface area (TPSA) is 76.9 Å². The third-order valence-electron chi connectivity index (χ3n) is 4.66. The fourth-order valence-electron chi connectivity index (χ4n) is 3.10. The van der Waals surface area contributed by atoms with Gasteiger partial charge in [-0.2, -0.15) is 5.10 Å². The monoisotopic (exact) mass is 438 g/mol. The number of amides is 1. The molecular weight excluding hydrogens is 420 g/mol. The van der Waals surface area contributed by atoms with Crippen LogP contribution in [0.25, 0.3) is 21.5 Å². The van der Waals surface area contributed by atoms with Gasteiger partial charge in [-0.05, 0) is 25.5 Å². The van der Waals surface area contributed by atoms with Gasteiger partial charge in [0, 0.05) is 17.1 Å². The third-order valence-corrected chi connectivity index (χ3v) is 6.01. The Morgan fingerprint density at radius 1 is 1.13 bits per heavy atom. The van der Waals surface area contributed by atoms with E-state index < -0.39 is 0 Å². The van der Waals surface area contributed by atoms with Gasteiger partial charge in [-0.25, -0.2) is 9.67 Å². The Bertz CT molecular complexity index is 1290. The van der Waals surface area contributed by atoms with Gasteiger partial charge in [0.25, 0.3) is 5.56 Å². The normalized spacial score (nSPS) is 11.0. The summed E-state index contributed by atoms with van der Waals surface area (Å²) in [7, 11) is 0. The number of halogens is 1. The molecule has 4 aromatic rings. The van der Waals surface area contributed by atoms with E-state index >= 15 is 0 Å². The molecule has 8 heteroatoms. The Morgan fingerprint density at radius 3 is 2.60 bits per heavy atom. The molecule has 152 valence electrons. The highest BCUT2D eigenvalue weighted by atomic mass is 35.5. The van der Waals surface area contributed by atoms with Gasteiger partial charge < -0.3 is 5.32 Å². The molecule has 0 aliphatic carbocycles. The number of benzene rings is 2. The van der Waals surface area contributed by atoms with Crippen molar-refractivity contribution in [3.05, 3.63) is 80.0 Å². The predicted octanol–water partition coefficient (Wildman–Crippen LogP) is 4.11. The number of aryl methyl sites for hydroxylation is 2. The molecular formula is C22H19ClN4O2S. The molecule has 4 rings (SSSR count). The summed E-state index contributed by atoms with van der Waals surface area (Å²) in [5.74, 6) is -0.328. The fourth-order valence-corrected chi connectivity index (χ4v) is 4.22. The molecule has 0 saturated heterocycles. The molecule has 1 N–H and O–H groups in total. The lowest BCUT2D eigenvalue weighted by Crippen LogP contribution is -2.33. The Kier molecular flexibility index (Phi) is 5.65.